The van der Waals surface area contributed by atoms with Gasteiger partial charge in [-0.05, 0) is 51.9 Å². The Morgan fingerprint density at radius 3 is 1.79 bits per heavy atom. The highest BCUT2D eigenvalue weighted by Crippen LogP contribution is 2.33. The van der Waals surface area contributed by atoms with Crippen molar-refractivity contribution in [1.29, 1.82) is 0 Å². The van der Waals surface area contributed by atoms with Crippen molar-refractivity contribution in [3.63, 3.8) is 0 Å². The van der Waals surface area contributed by atoms with E-state index in [4.69, 9.17) is 4.99 Å². The van der Waals surface area contributed by atoms with Crippen LogP contribution in [0.15, 0.2) is 114 Å². The number of aliphatic imine (C=N–C) groups is 1. The molecule has 0 fully saturated rings. The van der Waals surface area contributed by atoms with Gasteiger partial charge in [-0.25, -0.2) is 4.99 Å². The third kappa shape index (κ3) is 3.15. The van der Waals surface area contributed by atoms with E-state index in [0.717, 1.165) is 44.1 Å². The molecular formula is C27H19NO. The van der Waals surface area contributed by atoms with Crippen molar-refractivity contribution in [2.75, 3.05) is 0 Å². The first-order valence-corrected chi connectivity index (χ1v) is 9.64. The summed E-state index contributed by atoms with van der Waals surface area (Å²) in [6.45, 7) is 0. The lowest BCUT2D eigenvalue weighted by atomic mass is 9.90. The van der Waals surface area contributed by atoms with Crippen molar-refractivity contribution in [3.8, 4) is 5.75 Å². The van der Waals surface area contributed by atoms with Crippen LogP contribution >= 0.6 is 0 Å². The predicted molar refractivity (Wildman–Crippen MR) is 121 cm³/mol. The molecule has 0 spiro atoms. The largest absolute Gasteiger partial charge is 0.507 e. The van der Waals surface area contributed by atoms with Crippen LogP contribution in [0.5, 0.6) is 5.75 Å². The number of nitrogens with zero attached hydrogens (tertiary/aromatic N) is 1. The Morgan fingerprint density at radius 1 is 0.586 bits per heavy atom. The minimum Gasteiger partial charge on any atom is -0.507 e. The van der Waals surface area contributed by atoms with Gasteiger partial charge in [0.05, 0.1) is 11.4 Å². The molecule has 5 aromatic carbocycles. The number of fused-ring (bicyclic) bond motifs is 2. The molecule has 2 nitrogen and oxygen atoms in total. The fourth-order valence-corrected chi connectivity index (χ4v) is 3.83. The third-order valence-corrected chi connectivity index (χ3v) is 5.16. The summed E-state index contributed by atoms with van der Waals surface area (Å²) in [7, 11) is 0. The smallest absolute Gasteiger partial charge is 0.124 e. The molecule has 138 valence electrons. The minimum absolute atomic E-state index is 0.221. The van der Waals surface area contributed by atoms with Crippen molar-refractivity contribution in [2.24, 2.45) is 4.99 Å². The van der Waals surface area contributed by atoms with E-state index in [1.807, 2.05) is 60.7 Å². The Morgan fingerprint density at radius 2 is 1.14 bits per heavy atom. The van der Waals surface area contributed by atoms with Gasteiger partial charge < -0.3 is 5.11 Å². The Balaban J connectivity index is 1.93. The molecule has 5 rings (SSSR count). The van der Waals surface area contributed by atoms with E-state index in [1.165, 1.54) is 0 Å². The molecule has 0 radical (unpaired) electrons. The maximum Gasteiger partial charge on any atom is 0.124 e. The highest BCUT2D eigenvalue weighted by molar-refractivity contribution is 6.27. The van der Waals surface area contributed by atoms with E-state index in [0.29, 0.717) is 0 Å². The van der Waals surface area contributed by atoms with Crippen LogP contribution in [-0.4, -0.2) is 10.8 Å². The molecule has 0 bridgehead atoms. The van der Waals surface area contributed by atoms with Crippen LogP contribution in [0.3, 0.4) is 0 Å². The van der Waals surface area contributed by atoms with Crippen molar-refractivity contribution >= 4 is 32.9 Å². The lowest BCUT2D eigenvalue weighted by molar-refractivity contribution is 0.474. The van der Waals surface area contributed by atoms with Gasteiger partial charge in [-0.15, -0.1) is 0 Å². The highest BCUT2D eigenvalue weighted by atomic mass is 16.3. The number of phenols is 1. The molecule has 5 aromatic rings. The second-order valence-corrected chi connectivity index (χ2v) is 7.01. The summed E-state index contributed by atoms with van der Waals surface area (Å²) in [5.74, 6) is 0.221. The molecule has 0 saturated carbocycles. The molecule has 0 amide bonds. The summed E-state index contributed by atoms with van der Waals surface area (Å²) < 4.78 is 0. The van der Waals surface area contributed by atoms with Gasteiger partial charge in [-0.3, -0.25) is 0 Å². The first kappa shape index (κ1) is 17.2. The van der Waals surface area contributed by atoms with Crippen molar-refractivity contribution in [1.82, 2.24) is 0 Å². The number of rotatable bonds is 3. The van der Waals surface area contributed by atoms with Gasteiger partial charge >= 0.3 is 0 Å². The van der Waals surface area contributed by atoms with Gasteiger partial charge in [0.1, 0.15) is 5.75 Å². The standard InChI is InChI=1S/C27H19NO/c29-25-17-9-8-16-24(25)27(28-21-12-2-1-3-13-21)26-22-14-6-4-10-19(22)18-20-11-5-7-15-23(20)26/h1-18,29H. The van der Waals surface area contributed by atoms with E-state index in [9.17, 15) is 5.11 Å². The number of phenolic OH excluding ortho intramolecular Hbond substituents is 1. The Bertz CT molecular complexity index is 1300. The van der Waals surface area contributed by atoms with Crippen LogP contribution in [0.4, 0.5) is 5.69 Å². The normalized spacial score (nSPS) is 11.8. The molecule has 0 unspecified atom stereocenters. The van der Waals surface area contributed by atoms with Crippen LogP contribution in [0.25, 0.3) is 21.5 Å². The van der Waals surface area contributed by atoms with Gasteiger partial charge in [0, 0.05) is 11.1 Å². The van der Waals surface area contributed by atoms with Crippen molar-refractivity contribution in [2.45, 2.75) is 0 Å². The molecule has 0 heterocycles. The first-order chi connectivity index (χ1) is 14.3. The van der Waals surface area contributed by atoms with E-state index >= 15 is 0 Å². The topological polar surface area (TPSA) is 32.6 Å². The number of hydrogen-bond acceptors (Lipinski definition) is 2. The summed E-state index contributed by atoms with van der Waals surface area (Å²) in [5, 5.41) is 15.2. The lowest BCUT2D eigenvalue weighted by Crippen LogP contribution is -2.06. The number of aromatic hydroxyl groups is 1. The lowest BCUT2D eigenvalue weighted by Gasteiger charge is -2.15. The maximum atomic E-state index is 10.7. The minimum atomic E-state index is 0.221. The second-order valence-electron chi connectivity index (χ2n) is 7.01. The highest BCUT2D eigenvalue weighted by Gasteiger charge is 2.17. The summed E-state index contributed by atoms with van der Waals surface area (Å²) in [5.41, 5.74) is 3.37. The quantitative estimate of drug-likeness (QED) is 0.272. The summed E-state index contributed by atoms with van der Waals surface area (Å²) in [6, 6.07) is 36.2. The molecule has 0 aliphatic carbocycles. The fraction of sp³-hybridized carbons (Fsp3) is 0. The van der Waals surface area contributed by atoms with Crippen molar-refractivity contribution < 1.29 is 5.11 Å². The van der Waals surface area contributed by atoms with E-state index in [-0.39, 0.29) is 5.75 Å². The van der Waals surface area contributed by atoms with Crippen LogP contribution < -0.4 is 0 Å². The van der Waals surface area contributed by atoms with Crippen LogP contribution in [-0.2, 0) is 0 Å². The monoisotopic (exact) mass is 373 g/mol. The summed E-state index contributed by atoms with van der Waals surface area (Å²) >= 11 is 0. The SMILES string of the molecule is Oc1ccccc1C(=Nc1ccccc1)c1c2ccccc2cc2ccccc12. The van der Waals surface area contributed by atoms with E-state index < -0.39 is 0 Å². The summed E-state index contributed by atoms with van der Waals surface area (Å²) in [6.07, 6.45) is 0. The van der Waals surface area contributed by atoms with Crippen LogP contribution in [0.1, 0.15) is 11.1 Å². The Hall–Kier alpha value is -3.91. The van der Waals surface area contributed by atoms with Gasteiger partial charge in [-0.2, -0.15) is 0 Å². The molecule has 0 saturated heterocycles. The molecule has 1 N–H and O–H groups in total. The molecule has 0 aliphatic rings. The van der Waals surface area contributed by atoms with E-state index in [2.05, 4.69) is 42.5 Å². The van der Waals surface area contributed by atoms with Gasteiger partial charge in [0.15, 0.2) is 0 Å². The molecule has 29 heavy (non-hydrogen) atoms. The zero-order valence-corrected chi connectivity index (χ0v) is 15.8. The van der Waals surface area contributed by atoms with Gasteiger partial charge in [0.2, 0.25) is 0 Å². The van der Waals surface area contributed by atoms with Gasteiger partial charge in [0.25, 0.3) is 0 Å². The average Bonchev–Trinajstić information content (AvgIpc) is 2.77. The molecule has 2 heteroatoms. The Kier molecular flexibility index (Phi) is 4.30. The zero-order chi connectivity index (χ0) is 19.6. The maximum absolute atomic E-state index is 10.7. The Labute approximate surface area is 169 Å². The predicted octanol–water partition coefficient (Wildman–Crippen LogP) is 6.87. The molecular weight excluding hydrogens is 354 g/mol. The summed E-state index contributed by atoms with van der Waals surface area (Å²) in [4.78, 5) is 5.02. The van der Waals surface area contributed by atoms with Gasteiger partial charge in [-0.1, -0.05) is 78.9 Å². The zero-order valence-electron chi connectivity index (χ0n) is 15.8. The van der Waals surface area contributed by atoms with Crippen LogP contribution in [0, 0.1) is 0 Å². The molecule has 0 aromatic heterocycles. The fourth-order valence-electron chi connectivity index (χ4n) is 3.83. The van der Waals surface area contributed by atoms with Crippen LogP contribution in [0.2, 0.25) is 0 Å². The second kappa shape index (κ2) is 7.25. The number of hydrogen-bond donors (Lipinski definition) is 1. The third-order valence-electron chi connectivity index (χ3n) is 5.16. The first-order valence-electron chi connectivity index (χ1n) is 9.64. The average molecular weight is 373 g/mol. The van der Waals surface area contributed by atoms with E-state index in [1.54, 1.807) is 6.07 Å². The number of para-hydroxylation sites is 2. The molecule has 0 aliphatic heterocycles. The van der Waals surface area contributed by atoms with Crippen molar-refractivity contribution in [3.05, 3.63) is 120 Å². The molecule has 0 atom stereocenters. The number of benzene rings is 5.